The van der Waals surface area contributed by atoms with Crippen molar-refractivity contribution in [3.63, 3.8) is 0 Å². The third-order valence-electron chi connectivity index (χ3n) is 21.8. The molecule has 6 fully saturated rings. The summed E-state index contributed by atoms with van der Waals surface area (Å²) in [5, 5.41) is 26.6. The largest absolute Gasteiger partial charge is 0.357 e. The molecule has 0 radical (unpaired) electrons. The Labute approximate surface area is 635 Å². The van der Waals surface area contributed by atoms with Crippen LogP contribution in [0.5, 0.6) is 0 Å². The number of hydrogen-bond donors (Lipinski definition) is 6. The van der Waals surface area contributed by atoms with Gasteiger partial charge in [-0.05, 0) is 129 Å². The summed E-state index contributed by atoms with van der Waals surface area (Å²) in [6, 6.07) is 1.98. The zero-order chi connectivity index (χ0) is 77.9. The van der Waals surface area contributed by atoms with E-state index < -0.39 is 0 Å². The molecule has 6 aliphatic rings. The van der Waals surface area contributed by atoms with Gasteiger partial charge in [0.05, 0.1) is 37.2 Å². The van der Waals surface area contributed by atoms with Crippen LogP contribution in [0.15, 0.2) is 37.2 Å². The molecule has 6 aromatic rings. The fourth-order valence-corrected chi connectivity index (χ4v) is 15.6. The standard InChI is InChI=1S/3C14H26N4.3C13H24N4/c3*1-14(2,3)12-10-16-17(4)13(12)18-8-5-6-11(15)7-9-18;3*1-13(2,3)11-8-15-16(4)12(11)17-7-5-6-10(14)9-17/h3*10-11H,5-9,15H2,1-4H3;3*8,10H,5-7,9,14H2,1-4H3/t2*11-;;2*10-;/m10.10./s1. The molecular weight excluding hydrogens is 1310 g/mol. The quantitative estimate of drug-likeness (QED) is 0.0904. The van der Waals surface area contributed by atoms with Gasteiger partial charge >= 0.3 is 0 Å². The van der Waals surface area contributed by atoms with Gasteiger partial charge in [0, 0.05) is 190 Å². The Morgan fingerprint density at radius 2 is 0.381 bits per heavy atom. The van der Waals surface area contributed by atoms with Crippen molar-refractivity contribution in [1.29, 1.82) is 0 Å². The second-order valence-corrected chi connectivity index (χ2v) is 37.6. The van der Waals surface area contributed by atoms with E-state index in [1.54, 1.807) is 0 Å². The number of nitrogens with zero attached hydrogens (tertiary/aromatic N) is 18. The van der Waals surface area contributed by atoms with Gasteiger partial charge in [0.2, 0.25) is 0 Å². The first-order valence-electron chi connectivity index (χ1n) is 40.0. The molecule has 24 heteroatoms. The highest BCUT2D eigenvalue weighted by atomic mass is 15.4. The first-order valence-corrected chi connectivity index (χ1v) is 40.0. The average Bonchev–Trinajstić information content (AvgIpc) is 1.71. The monoisotopic (exact) mass is 1460 g/mol. The number of anilines is 6. The third-order valence-corrected chi connectivity index (χ3v) is 21.8. The van der Waals surface area contributed by atoms with E-state index in [9.17, 15) is 0 Å². The second-order valence-electron chi connectivity index (χ2n) is 37.6. The Bertz CT molecular complexity index is 3200. The van der Waals surface area contributed by atoms with Crippen LogP contribution in [0.2, 0.25) is 0 Å². The van der Waals surface area contributed by atoms with Crippen LogP contribution in [0, 0.1) is 0 Å². The molecule has 0 amide bonds. The predicted molar refractivity (Wildman–Crippen MR) is 442 cm³/mol. The lowest BCUT2D eigenvalue weighted by molar-refractivity contribution is 0.491. The molecule has 24 nitrogen and oxygen atoms in total. The Morgan fingerprint density at radius 1 is 0.229 bits per heavy atom. The van der Waals surface area contributed by atoms with Crippen molar-refractivity contribution in [2.75, 3.05) is 108 Å². The van der Waals surface area contributed by atoms with Gasteiger partial charge < -0.3 is 63.8 Å². The smallest absolute Gasteiger partial charge is 0.130 e. The molecule has 6 saturated heterocycles. The summed E-state index contributed by atoms with van der Waals surface area (Å²) in [7, 11) is 12.2. The van der Waals surface area contributed by atoms with Crippen LogP contribution in [0.3, 0.4) is 0 Å². The zero-order valence-electron chi connectivity index (χ0n) is 70.5. The number of rotatable bonds is 6. The number of piperidine rings is 3. The highest BCUT2D eigenvalue weighted by Crippen LogP contribution is 2.39. The molecule has 0 saturated carbocycles. The molecule has 12 rings (SSSR count). The molecule has 0 bridgehead atoms. The molecule has 6 aromatic heterocycles. The van der Waals surface area contributed by atoms with Crippen molar-refractivity contribution in [2.45, 2.75) is 290 Å². The van der Waals surface area contributed by atoms with Gasteiger partial charge in [-0.25, -0.2) is 0 Å². The van der Waals surface area contributed by atoms with Gasteiger partial charge in [-0.2, -0.15) is 30.6 Å². The van der Waals surface area contributed by atoms with Crippen LogP contribution in [-0.4, -0.2) is 173 Å². The van der Waals surface area contributed by atoms with Crippen molar-refractivity contribution < 1.29 is 0 Å². The molecule has 2 unspecified atom stereocenters. The van der Waals surface area contributed by atoms with Crippen molar-refractivity contribution in [1.82, 2.24) is 58.7 Å². The molecule has 105 heavy (non-hydrogen) atoms. The first kappa shape index (κ1) is 86.1. The van der Waals surface area contributed by atoms with E-state index in [4.69, 9.17) is 34.4 Å². The molecule has 0 spiro atoms. The predicted octanol–water partition coefficient (Wildman–Crippen LogP) is 11.0. The van der Waals surface area contributed by atoms with Crippen LogP contribution < -0.4 is 63.8 Å². The number of aryl methyl sites for hydroxylation is 6. The molecule has 12 N–H and O–H groups in total. The molecule has 6 aliphatic heterocycles. The molecule has 0 aromatic carbocycles. The maximum absolute atomic E-state index is 6.07. The van der Waals surface area contributed by atoms with Gasteiger partial charge in [-0.15, -0.1) is 0 Å². The molecule has 6 atom stereocenters. The Balaban J connectivity index is 0.000000176. The van der Waals surface area contributed by atoms with E-state index in [1.165, 1.54) is 107 Å². The van der Waals surface area contributed by atoms with Gasteiger partial charge in [0.25, 0.3) is 0 Å². The summed E-state index contributed by atoms with van der Waals surface area (Å²) in [5.74, 6) is 7.55. The zero-order valence-corrected chi connectivity index (χ0v) is 70.5. The fraction of sp³-hybridized carbons (Fsp3) is 0.778. The average molecular weight is 1460 g/mol. The Kier molecular flexibility index (Phi) is 29.8. The van der Waals surface area contributed by atoms with Crippen LogP contribution in [0.25, 0.3) is 0 Å². The van der Waals surface area contributed by atoms with E-state index in [1.807, 2.05) is 108 Å². The summed E-state index contributed by atoms with van der Waals surface area (Å²) >= 11 is 0. The minimum Gasteiger partial charge on any atom is -0.357 e. The SMILES string of the molecule is Cn1ncc(C(C)(C)C)c1N1CCCC(N)C1.Cn1ncc(C(C)(C)C)c1N1CCCC(N)CC1.Cn1ncc(C(C)(C)C)c1N1CCC[C@@H](N)C1.Cn1ncc(C(C)(C)C)c1N1CCC[C@@H](N)CC1.Cn1ncc(C(C)(C)C)c1N1CCC[C@H](N)C1.Cn1ncc(C(C)(C)C)c1N1CCC[C@H](N)CC1. The van der Waals surface area contributed by atoms with Gasteiger partial charge in [0.1, 0.15) is 34.9 Å². The molecular formula is C81H150N24. The van der Waals surface area contributed by atoms with Crippen molar-refractivity contribution in [2.24, 2.45) is 76.7 Å². The first-order chi connectivity index (χ1) is 48.9. The lowest BCUT2D eigenvalue weighted by Gasteiger charge is -2.34. The van der Waals surface area contributed by atoms with Crippen molar-refractivity contribution in [3.8, 4) is 0 Å². The van der Waals surface area contributed by atoms with Crippen LogP contribution in [0.1, 0.15) is 254 Å². The summed E-state index contributed by atoms with van der Waals surface area (Å²) in [6.07, 6.45) is 29.2. The van der Waals surface area contributed by atoms with E-state index >= 15 is 0 Å². The Morgan fingerprint density at radius 3 is 0.552 bits per heavy atom. The van der Waals surface area contributed by atoms with Crippen molar-refractivity contribution in [3.05, 3.63) is 70.6 Å². The highest BCUT2D eigenvalue weighted by Gasteiger charge is 2.34. The fourth-order valence-electron chi connectivity index (χ4n) is 15.6. The van der Waals surface area contributed by atoms with Gasteiger partial charge in [-0.1, -0.05) is 125 Å². The Hall–Kier alpha value is -6.18. The minimum atomic E-state index is 0.130. The maximum Gasteiger partial charge on any atom is 0.130 e. The normalized spacial score (nSPS) is 22.0. The van der Waals surface area contributed by atoms with Gasteiger partial charge in [0.15, 0.2) is 0 Å². The third kappa shape index (κ3) is 23.7. The van der Waals surface area contributed by atoms with Gasteiger partial charge in [-0.3, -0.25) is 28.1 Å². The second kappa shape index (κ2) is 36.4. The van der Waals surface area contributed by atoms with E-state index in [-0.39, 0.29) is 32.5 Å². The summed E-state index contributed by atoms with van der Waals surface area (Å²) < 4.78 is 12.0. The van der Waals surface area contributed by atoms with Crippen molar-refractivity contribution >= 4 is 34.9 Å². The number of aromatic nitrogens is 12. The molecule has 594 valence electrons. The summed E-state index contributed by atoms with van der Waals surface area (Å²) in [6.45, 7) is 52.9. The molecule has 12 heterocycles. The van der Waals surface area contributed by atoms with Crippen LogP contribution in [0.4, 0.5) is 34.9 Å². The lowest BCUT2D eigenvalue weighted by atomic mass is 9.88. The summed E-state index contributed by atoms with van der Waals surface area (Å²) in [4.78, 5) is 14.5. The minimum absolute atomic E-state index is 0.130. The van der Waals surface area contributed by atoms with E-state index in [0.29, 0.717) is 36.3 Å². The highest BCUT2D eigenvalue weighted by molar-refractivity contribution is 5.55. The van der Waals surface area contributed by atoms with Crippen LogP contribution in [-0.2, 0) is 74.8 Å². The number of hydrogen-bond acceptors (Lipinski definition) is 18. The molecule has 0 aliphatic carbocycles. The van der Waals surface area contributed by atoms with E-state index in [2.05, 4.69) is 185 Å². The van der Waals surface area contributed by atoms with Crippen LogP contribution >= 0.6 is 0 Å². The lowest BCUT2D eigenvalue weighted by Crippen LogP contribution is -2.44. The van der Waals surface area contributed by atoms with E-state index in [0.717, 1.165) is 136 Å². The topological polar surface area (TPSA) is 282 Å². The number of nitrogens with two attached hydrogens (primary N) is 6. The summed E-state index contributed by atoms with van der Waals surface area (Å²) in [5.41, 5.74) is 45.1. The maximum atomic E-state index is 6.07.